The summed E-state index contributed by atoms with van der Waals surface area (Å²) in [6.45, 7) is 1.75. The summed E-state index contributed by atoms with van der Waals surface area (Å²) in [6, 6.07) is 7.22. The number of hydrogen-bond donors (Lipinski definition) is 1. The second-order valence-corrected chi connectivity index (χ2v) is 5.22. The normalized spacial score (nSPS) is 10.3. The molecular weight excluding hydrogens is 341 g/mol. The molecule has 0 unspecified atom stereocenters. The quantitative estimate of drug-likeness (QED) is 0.667. The molecule has 0 atom stereocenters. The van der Waals surface area contributed by atoms with Crippen LogP contribution in [0.3, 0.4) is 0 Å². The van der Waals surface area contributed by atoms with Gasteiger partial charge in [-0.3, -0.25) is 0 Å². The number of halogens is 2. The average Bonchev–Trinajstić information content (AvgIpc) is 2.45. The van der Waals surface area contributed by atoms with Gasteiger partial charge < -0.3 is 15.2 Å². The molecule has 0 bridgehead atoms. The molecule has 0 aliphatic rings. The Kier molecular flexibility index (Phi) is 4.47. The summed E-state index contributed by atoms with van der Waals surface area (Å²) >= 11 is 3.27. The van der Waals surface area contributed by atoms with Crippen molar-refractivity contribution >= 4 is 27.6 Å². The minimum absolute atomic E-state index is 0.208. The zero-order chi connectivity index (χ0) is 15.6. The second-order valence-electron chi connectivity index (χ2n) is 4.37. The number of hydrogen-bond acceptors (Lipinski definition) is 4. The van der Waals surface area contributed by atoms with Gasteiger partial charge in [-0.1, -0.05) is 0 Å². The minimum Gasteiger partial charge on any atom is -0.465 e. The van der Waals surface area contributed by atoms with Crippen molar-refractivity contribution < 1.29 is 18.7 Å². The number of nitrogen functional groups attached to an aromatic ring is 1. The predicted molar refractivity (Wildman–Crippen MR) is 81.1 cm³/mol. The van der Waals surface area contributed by atoms with Crippen LogP contribution in [0.1, 0.15) is 15.9 Å². The number of esters is 1. The molecule has 4 nitrogen and oxygen atoms in total. The van der Waals surface area contributed by atoms with Crippen molar-refractivity contribution in [1.29, 1.82) is 0 Å². The molecule has 0 aromatic heterocycles. The number of rotatable bonds is 3. The van der Waals surface area contributed by atoms with Crippen LogP contribution in [0.5, 0.6) is 11.5 Å². The van der Waals surface area contributed by atoms with Crippen molar-refractivity contribution in [1.82, 2.24) is 0 Å². The number of nitrogens with two attached hydrogens (primary N) is 1. The maximum Gasteiger partial charge on any atom is 0.340 e. The molecule has 2 aromatic carbocycles. The Morgan fingerprint density at radius 2 is 2.00 bits per heavy atom. The summed E-state index contributed by atoms with van der Waals surface area (Å²) in [5.74, 6) is -0.309. The molecule has 0 aliphatic carbocycles. The van der Waals surface area contributed by atoms with Gasteiger partial charge >= 0.3 is 5.97 Å². The van der Waals surface area contributed by atoms with E-state index in [9.17, 15) is 9.18 Å². The summed E-state index contributed by atoms with van der Waals surface area (Å²) in [7, 11) is 1.27. The van der Waals surface area contributed by atoms with Gasteiger partial charge in [0.25, 0.3) is 0 Å². The number of benzene rings is 2. The Labute approximate surface area is 129 Å². The third-order valence-corrected chi connectivity index (χ3v) is 3.54. The van der Waals surface area contributed by atoms with Crippen LogP contribution in [0.4, 0.5) is 10.1 Å². The Bertz CT molecular complexity index is 704. The summed E-state index contributed by atoms with van der Waals surface area (Å²) in [5, 5.41) is 0. The fourth-order valence-electron chi connectivity index (χ4n) is 1.79. The minimum atomic E-state index is -0.556. The van der Waals surface area contributed by atoms with Crippen molar-refractivity contribution in [2.24, 2.45) is 0 Å². The molecule has 0 saturated carbocycles. The van der Waals surface area contributed by atoms with Gasteiger partial charge in [0.1, 0.15) is 17.3 Å². The van der Waals surface area contributed by atoms with Crippen molar-refractivity contribution in [3.63, 3.8) is 0 Å². The zero-order valence-corrected chi connectivity index (χ0v) is 13.0. The summed E-state index contributed by atoms with van der Waals surface area (Å²) < 4.78 is 24.1. The van der Waals surface area contributed by atoms with Gasteiger partial charge in [0.15, 0.2) is 0 Å². The van der Waals surface area contributed by atoms with E-state index in [1.807, 2.05) is 0 Å². The monoisotopic (exact) mass is 353 g/mol. The largest absolute Gasteiger partial charge is 0.465 e. The van der Waals surface area contributed by atoms with E-state index in [-0.39, 0.29) is 5.56 Å². The van der Waals surface area contributed by atoms with Crippen LogP contribution in [0, 0.1) is 12.7 Å². The first-order valence-corrected chi connectivity index (χ1v) is 6.83. The number of anilines is 1. The Morgan fingerprint density at radius 1 is 1.29 bits per heavy atom. The lowest BCUT2D eigenvalue weighted by Crippen LogP contribution is -2.07. The van der Waals surface area contributed by atoms with Crippen LogP contribution >= 0.6 is 15.9 Å². The van der Waals surface area contributed by atoms with Crippen LogP contribution in [-0.2, 0) is 4.74 Å². The highest BCUT2D eigenvalue weighted by atomic mass is 79.9. The highest BCUT2D eigenvalue weighted by Crippen LogP contribution is 2.33. The fraction of sp³-hybridized carbons (Fsp3) is 0.133. The Balaban J connectivity index is 2.43. The molecular formula is C15H13BrFNO3. The third-order valence-electron chi connectivity index (χ3n) is 2.89. The van der Waals surface area contributed by atoms with Crippen LogP contribution in [0.25, 0.3) is 0 Å². The molecule has 0 spiro atoms. The van der Waals surface area contributed by atoms with Crippen LogP contribution in [0.15, 0.2) is 34.8 Å². The van der Waals surface area contributed by atoms with Crippen LogP contribution in [-0.4, -0.2) is 13.1 Å². The molecule has 21 heavy (non-hydrogen) atoms. The van der Waals surface area contributed by atoms with Gasteiger partial charge in [-0.15, -0.1) is 0 Å². The van der Waals surface area contributed by atoms with E-state index in [2.05, 4.69) is 20.7 Å². The van der Waals surface area contributed by atoms with Gasteiger partial charge in [-0.2, -0.15) is 0 Å². The maximum atomic E-state index is 13.3. The van der Waals surface area contributed by atoms with Gasteiger partial charge in [0.2, 0.25) is 0 Å². The first-order valence-electron chi connectivity index (χ1n) is 6.03. The first-order chi connectivity index (χ1) is 9.92. The molecule has 0 fully saturated rings. The predicted octanol–water partition coefficient (Wildman–Crippen LogP) is 4.06. The molecule has 0 aliphatic heterocycles. The van der Waals surface area contributed by atoms with Crippen molar-refractivity contribution in [3.8, 4) is 11.5 Å². The summed E-state index contributed by atoms with van der Waals surface area (Å²) in [6.07, 6.45) is 0. The lowest BCUT2D eigenvalue weighted by atomic mass is 10.1. The van der Waals surface area contributed by atoms with Crippen molar-refractivity contribution in [2.75, 3.05) is 12.8 Å². The number of methoxy groups -OCH3 is 1. The van der Waals surface area contributed by atoms with E-state index in [1.54, 1.807) is 13.0 Å². The SMILES string of the molecule is COC(=O)c1cc(Oc2cc(F)ccc2Br)cc(C)c1N. The van der Waals surface area contributed by atoms with Gasteiger partial charge in [-0.25, -0.2) is 9.18 Å². The number of carbonyl (C=O) groups is 1. The molecule has 2 aromatic rings. The van der Waals surface area contributed by atoms with Crippen LogP contribution < -0.4 is 10.5 Å². The molecule has 2 N–H and O–H groups in total. The first kappa shape index (κ1) is 15.3. The van der Waals surface area contributed by atoms with E-state index in [4.69, 9.17) is 10.5 Å². The fourth-order valence-corrected chi connectivity index (χ4v) is 2.11. The van der Waals surface area contributed by atoms with E-state index < -0.39 is 11.8 Å². The molecule has 0 heterocycles. The lowest BCUT2D eigenvalue weighted by molar-refractivity contribution is 0.0601. The average molecular weight is 354 g/mol. The van der Waals surface area contributed by atoms with E-state index in [0.717, 1.165) is 0 Å². The van der Waals surface area contributed by atoms with Gasteiger partial charge in [-0.05, 0) is 52.7 Å². The van der Waals surface area contributed by atoms with Crippen molar-refractivity contribution in [3.05, 3.63) is 51.7 Å². The highest BCUT2D eigenvalue weighted by Gasteiger charge is 2.15. The van der Waals surface area contributed by atoms with E-state index in [0.29, 0.717) is 27.2 Å². The maximum absolute atomic E-state index is 13.3. The summed E-state index contributed by atoms with van der Waals surface area (Å²) in [4.78, 5) is 11.7. The topological polar surface area (TPSA) is 61.5 Å². The van der Waals surface area contributed by atoms with Gasteiger partial charge in [0, 0.05) is 11.8 Å². The molecule has 0 radical (unpaired) electrons. The Morgan fingerprint density at radius 3 is 2.67 bits per heavy atom. The van der Waals surface area contributed by atoms with E-state index in [1.165, 1.54) is 31.4 Å². The smallest absolute Gasteiger partial charge is 0.340 e. The Hall–Kier alpha value is -2.08. The van der Waals surface area contributed by atoms with Crippen LogP contribution in [0.2, 0.25) is 0 Å². The standard InChI is InChI=1S/C15H13BrFNO3/c1-8-5-10(7-11(14(8)18)15(19)20-2)21-13-6-9(17)3-4-12(13)16/h3-7H,18H2,1-2H3. The molecule has 2 rings (SSSR count). The zero-order valence-electron chi connectivity index (χ0n) is 11.4. The summed E-state index contributed by atoms with van der Waals surface area (Å²) in [5.41, 5.74) is 7.05. The third kappa shape index (κ3) is 3.33. The molecule has 6 heteroatoms. The number of carbonyl (C=O) groups excluding carboxylic acids is 1. The van der Waals surface area contributed by atoms with E-state index >= 15 is 0 Å². The molecule has 110 valence electrons. The number of aryl methyl sites for hydroxylation is 1. The highest BCUT2D eigenvalue weighted by molar-refractivity contribution is 9.10. The van der Waals surface area contributed by atoms with Crippen molar-refractivity contribution in [2.45, 2.75) is 6.92 Å². The molecule has 0 amide bonds. The van der Waals surface area contributed by atoms with Gasteiger partial charge in [0.05, 0.1) is 17.1 Å². The lowest BCUT2D eigenvalue weighted by Gasteiger charge is -2.12. The second kappa shape index (κ2) is 6.13. The number of ether oxygens (including phenoxy) is 2. The molecule has 0 saturated heterocycles.